The zero-order chi connectivity index (χ0) is 18.9. The number of alkyl halides is 3. The van der Waals surface area contributed by atoms with Crippen LogP contribution in [0.3, 0.4) is 0 Å². The van der Waals surface area contributed by atoms with Crippen molar-refractivity contribution in [3.05, 3.63) is 36.3 Å². The number of sulfonamides is 1. The van der Waals surface area contributed by atoms with Crippen LogP contribution < -0.4 is 9.62 Å². The first-order chi connectivity index (χ1) is 12.2. The normalized spacial score (nSPS) is 15.9. The van der Waals surface area contributed by atoms with E-state index in [0.717, 1.165) is 31.4 Å². The molecule has 1 aromatic heterocycles. The van der Waals surface area contributed by atoms with Gasteiger partial charge in [0, 0.05) is 26.3 Å². The smallest absolute Gasteiger partial charge is 0.370 e. The van der Waals surface area contributed by atoms with E-state index in [2.05, 4.69) is 9.71 Å². The predicted molar refractivity (Wildman–Crippen MR) is 91.5 cm³/mol. The molecule has 0 atom stereocenters. The van der Waals surface area contributed by atoms with Crippen LogP contribution in [0.15, 0.2) is 35.7 Å². The number of hydrogen-bond donors (Lipinski definition) is 1. The summed E-state index contributed by atoms with van der Waals surface area (Å²) >= 11 is 0. The Morgan fingerprint density at radius 2 is 1.85 bits per heavy atom. The lowest BCUT2D eigenvalue weighted by atomic mass is 10.1. The molecule has 0 saturated carbocycles. The number of nitrogens with one attached hydrogen (secondary N) is 1. The van der Waals surface area contributed by atoms with Crippen LogP contribution in [0.2, 0.25) is 0 Å². The predicted octanol–water partition coefficient (Wildman–Crippen LogP) is 3.23. The standard InChI is InChI=1S/C16H19F3N4O2S/c1-22-10-15(20-11-22)26(24,25)21-13-9-12(16(17,18)19)5-6-14(13)23-7-3-2-4-8-23/h5-6,9-11,21H,2-4,7-8H2,1H3. The van der Waals surface area contributed by atoms with Crippen molar-refractivity contribution in [1.29, 1.82) is 0 Å². The zero-order valence-electron chi connectivity index (χ0n) is 14.1. The van der Waals surface area contributed by atoms with Gasteiger partial charge >= 0.3 is 6.18 Å². The van der Waals surface area contributed by atoms with Crippen molar-refractivity contribution in [3.63, 3.8) is 0 Å². The molecule has 26 heavy (non-hydrogen) atoms. The molecule has 1 fully saturated rings. The molecule has 0 unspecified atom stereocenters. The SMILES string of the molecule is Cn1cnc(S(=O)(=O)Nc2cc(C(F)(F)F)ccc2N2CCCCC2)c1. The summed E-state index contributed by atoms with van der Waals surface area (Å²) in [6.07, 6.45) is 0.904. The van der Waals surface area contributed by atoms with E-state index in [4.69, 9.17) is 0 Å². The van der Waals surface area contributed by atoms with Crippen molar-refractivity contribution in [3.8, 4) is 0 Å². The molecule has 0 spiro atoms. The first kappa shape index (κ1) is 18.6. The van der Waals surface area contributed by atoms with Crippen LogP contribution in [0.4, 0.5) is 24.5 Å². The summed E-state index contributed by atoms with van der Waals surface area (Å²) in [6, 6.07) is 3.14. The lowest BCUT2D eigenvalue weighted by Crippen LogP contribution is -2.30. The Balaban J connectivity index is 2.01. The molecule has 10 heteroatoms. The van der Waals surface area contributed by atoms with Gasteiger partial charge in [-0.05, 0) is 37.5 Å². The number of aromatic nitrogens is 2. The van der Waals surface area contributed by atoms with Crippen LogP contribution in [0.1, 0.15) is 24.8 Å². The number of nitrogens with zero attached hydrogens (tertiary/aromatic N) is 3. The topological polar surface area (TPSA) is 67.2 Å². The van der Waals surface area contributed by atoms with E-state index >= 15 is 0 Å². The second-order valence-corrected chi connectivity index (χ2v) is 7.89. The monoisotopic (exact) mass is 388 g/mol. The van der Waals surface area contributed by atoms with Gasteiger partial charge < -0.3 is 9.47 Å². The second-order valence-electron chi connectivity index (χ2n) is 6.26. The van der Waals surface area contributed by atoms with E-state index in [1.807, 2.05) is 4.90 Å². The number of hydrogen-bond acceptors (Lipinski definition) is 4. The number of benzene rings is 1. The molecule has 142 valence electrons. The molecule has 0 radical (unpaired) electrons. The molecule has 0 amide bonds. The summed E-state index contributed by atoms with van der Waals surface area (Å²) in [7, 11) is -2.49. The molecule has 0 aliphatic carbocycles. The lowest BCUT2D eigenvalue weighted by Gasteiger charge is -2.31. The van der Waals surface area contributed by atoms with Gasteiger partial charge in [-0.3, -0.25) is 4.72 Å². The van der Waals surface area contributed by atoms with Crippen molar-refractivity contribution in [2.24, 2.45) is 7.05 Å². The highest BCUT2D eigenvalue weighted by Crippen LogP contribution is 2.37. The Morgan fingerprint density at radius 3 is 2.42 bits per heavy atom. The van der Waals surface area contributed by atoms with E-state index in [1.54, 1.807) is 7.05 Å². The van der Waals surface area contributed by atoms with Crippen molar-refractivity contribution >= 4 is 21.4 Å². The van der Waals surface area contributed by atoms with Crippen LogP contribution in [0.5, 0.6) is 0 Å². The Labute approximate surface area is 149 Å². The largest absolute Gasteiger partial charge is 0.416 e. The molecule has 1 N–H and O–H groups in total. The Hall–Kier alpha value is -2.23. The fourth-order valence-corrected chi connectivity index (χ4v) is 3.98. The van der Waals surface area contributed by atoms with Crippen molar-refractivity contribution in [2.45, 2.75) is 30.5 Å². The van der Waals surface area contributed by atoms with Crippen LogP contribution in [-0.4, -0.2) is 31.1 Å². The molecule has 1 aromatic carbocycles. The Bertz CT molecular complexity index is 887. The number of rotatable bonds is 4. The second kappa shape index (κ2) is 6.82. The van der Waals surface area contributed by atoms with E-state index < -0.39 is 21.8 Å². The van der Waals surface area contributed by atoms with Crippen molar-refractivity contribution in [1.82, 2.24) is 9.55 Å². The molecule has 2 heterocycles. The highest BCUT2D eigenvalue weighted by atomic mass is 32.2. The molecule has 3 rings (SSSR count). The van der Waals surface area contributed by atoms with E-state index in [0.29, 0.717) is 18.8 Å². The zero-order valence-corrected chi connectivity index (χ0v) is 14.9. The van der Waals surface area contributed by atoms with Gasteiger partial charge in [0.1, 0.15) is 0 Å². The average molecular weight is 388 g/mol. The van der Waals surface area contributed by atoms with E-state index in [1.165, 1.54) is 23.2 Å². The van der Waals surface area contributed by atoms with Crippen LogP contribution in [-0.2, 0) is 23.2 Å². The first-order valence-electron chi connectivity index (χ1n) is 8.14. The van der Waals surface area contributed by atoms with Gasteiger partial charge in [-0.2, -0.15) is 21.6 Å². The highest BCUT2D eigenvalue weighted by molar-refractivity contribution is 7.92. The fourth-order valence-electron chi connectivity index (χ4n) is 2.93. The van der Waals surface area contributed by atoms with Crippen molar-refractivity contribution < 1.29 is 21.6 Å². The van der Waals surface area contributed by atoms with Gasteiger partial charge in [0.25, 0.3) is 10.0 Å². The summed E-state index contributed by atoms with van der Waals surface area (Å²) in [5.74, 6) is 0. The minimum atomic E-state index is -4.56. The van der Waals surface area contributed by atoms with Gasteiger partial charge in [0.15, 0.2) is 5.03 Å². The van der Waals surface area contributed by atoms with Gasteiger partial charge in [0.2, 0.25) is 0 Å². The summed E-state index contributed by atoms with van der Waals surface area (Å²) in [5.41, 5.74) is -0.554. The maximum Gasteiger partial charge on any atom is 0.416 e. The molecule has 1 aliphatic rings. The molecule has 6 nitrogen and oxygen atoms in total. The maximum atomic E-state index is 13.1. The molecule has 2 aromatic rings. The molecule has 1 saturated heterocycles. The number of halogens is 3. The summed E-state index contributed by atoms with van der Waals surface area (Å²) in [4.78, 5) is 5.68. The molecular formula is C16H19F3N4O2S. The molecular weight excluding hydrogens is 369 g/mol. The number of piperidine rings is 1. The van der Waals surface area contributed by atoms with Gasteiger partial charge in [-0.25, -0.2) is 4.98 Å². The Morgan fingerprint density at radius 1 is 1.15 bits per heavy atom. The van der Waals surface area contributed by atoms with Crippen LogP contribution in [0.25, 0.3) is 0 Å². The number of aryl methyl sites for hydroxylation is 1. The minimum Gasteiger partial charge on any atom is -0.370 e. The average Bonchev–Trinajstić information content (AvgIpc) is 3.02. The lowest BCUT2D eigenvalue weighted by molar-refractivity contribution is -0.137. The van der Waals surface area contributed by atoms with E-state index in [-0.39, 0.29) is 10.7 Å². The van der Waals surface area contributed by atoms with Gasteiger partial charge in [-0.1, -0.05) is 0 Å². The summed E-state index contributed by atoms with van der Waals surface area (Å²) in [6.45, 7) is 1.34. The maximum absolute atomic E-state index is 13.1. The highest BCUT2D eigenvalue weighted by Gasteiger charge is 2.32. The van der Waals surface area contributed by atoms with Gasteiger partial charge in [0.05, 0.1) is 23.3 Å². The molecule has 1 aliphatic heterocycles. The quantitative estimate of drug-likeness (QED) is 0.873. The third-order valence-corrected chi connectivity index (χ3v) is 5.47. The first-order valence-corrected chi connectivity index (χ1v) is 9.62. The Kier molecular flexibility index (Phi) is 4.87. The molecule has 0 bridgehead atoms. The summed E-state index contributed by atoms with van der Waals surface area (Å²) in [5, 5.41) is -0.248. The van der Waals surface area contributed by atoms with E-state index in [9.17, 15) is 21.6 Å². The van der Waals surface area contributed by atoms with Gasteiger partial charge in [-0.15, -0.1) is 0 Å². The van der Waals surface area contributed by atoms with Crippen LogP contribution in [0, 0.1) is 0 Å². The number of imidazole rings is 1. The third kappa shape index (κ3) is 3.95. The van der Waals surface area contributed by atoms with Crippen LogP contribution >= 0.6 is 0 Å². The minimum absolute atomic E-state index is 0.0904. The van der Waals surface area contributed by atoms with Crippen molar-refractivity contribution in [2.75, 3.05) is 22.7 Å². The third-order valence-electron chi connectivity index (χ3n) is 4.22. The fraction of sp³-hybridized carbons (Fsp3) is 0.438. The number of anilines is 2. The summed E-state index contributed by atoms with van der Waals surface area (Å²) < 4.78 is 68.1.